The Morgan fingerprint density at radius 3 is 2.50 bits per heavy atom. The Balaban J connectivity index is 2.11. The highest BCUT2D eigenvalue weighted by Crippen LogP contribution is 2.37. The third kappa shape index (κ3) is 7.03. The first-order valence-electron chi connectivity index (χ1n) is 11.7. The number of nitrogens with zero attached hydrogens (tertiary/aromatic N) is 1. The Hall–Kier alpha value is -1.44. The molecule has 7 heteroatoms. The van der Waals surface area contributed by atoms with Gasteiger partial charge in [0.05, 0.1) is 12.1 Å². The van der Waals surface area contributed by atoms with Gasteiger partial charge in [-0.05, 0) is 87.8 Å². The molecule has 0 spiro atoms. The Labute approximate surface area is 194 Å². The Morgan fingerprint density at radius 1 is 1.25 bits per heavy atom. The molecule has 32 heavy (non-hydrogen) atoms. The number of rotatable bonds is 7. The van der Waals surface area contributed by atoms with Crippen molar-refractivity contribution in [2.24, 2.45) is 0 Å². The molecule has 1 N–H and O–H groups in total. The van der Waals surface area contributed by atoms with E-state index in [1.54, 1.807) is 11.0 Å². The molecule has 182 valence electrons. The zero-order valence-corrected chi connectivity index (χ0v) is 22.1. The van der Waals surface area contributed by atoms with Gasteiger partial charge in [0.1, 0.15) is 11.4 Å². The third-order valence-corrected chi connectivity index (χ3v) is 11.1. The molecule has 1 aliphatic rings. The van der Waals surface area contributed by atoms with Crippen LogP contribution >= 0.6 is 0 Å². The van der Waals surface area contributed by atoms with Crippen molar-refractivity contribution in [2.45, 2.75) is 103 Å². The highest BCUT2D eigenvalue weighted by Gasteiger charge is 2.38. The Bertz CT molecular complexity index is 785. The molecular weight excluding hydrogens is 425 g/mol. The highest BCUT2D eigenvalue weighted by molar-refractivity contribution is 6.74. The lowest BCUT2D eigenvalue weighted by atomic mass is 9.93. The van der Waals surface area contributed by atoms with E-state index in [-0.39, 0.29) is 10.9 Å². The summed E-state index contributed by atoms with van der Waals surface area (Å²) in [6.45, 7) is 17.7. The van der Waals surface area contributed by atoms with Gasteiger partial charge in [-0.15, -0.1) is 0 Å². The minimum Gasteiger partial charge on any atom is -0.444 e. The molecule has 1 aromatic carbocycles. The maximum absolute atomic E-state index is 14.1. The van der Waals surface area contributed by atoms with Gasteiger partial charge in [0.25, 0.3) is 0 Å². The van der Waals surface area contributed by atoms with Crippen LogP contribution in [0.2, 0.25) is 18.1 Å². The summed E-state index contributed by atoms with van der Waals surface area (Å²) < 4.78 is 25.9. The number of hydrogen-bond donors (Lipinski definition) is 1. The number of aryl methyl sites for hydroxylation is 1. The van der Waals surface area contributed by atoms with Crippen molar-refractivity contribution in [3.05, 3.63) is 35.1 Å². The second-order valence-corrected chi connectivity index (χ2v) is 16.2. The molecule has 1 unspecified atom stereocenters. The molecule has 2 atom stereocenters. The topological polar surface area (TPSA) is 59.0 Å². The molecule has 0 radical (unpaired) electrons. The standard InChI is InChI=1S/C25H42FNO4Si/c1-24(2,3)31-23(29)27-15-9-12-21(27)22(28)20-17-19(26)14-13-18(20)11-10-16-30-32(7,8)25(4,5)6/h13-14,17,21-22,28H,9-12,15-16H2,1-8H3/t21-,22?/m0/s1. The summed E-state index contributed by atoms with van der Waals surface area (Å²) in [5, 5.41) is 11.3. The molecule has 1 fully saturated rings. The summed E-state index contributed by atoms with van der Waals surface area (Å²) in [4.78, 5) is 14.2. The molecule has 0 aliphatic carbocycles. The molecule has 1 heterocycles. The van der Waals surface area contributed by atoms with Crippen LogP contribution in [0.4, 0.5) is 9.18 Å². The number of aliphatic hydroxyl groups is 1. The molecule has 0 bridgehead atoms. The normalized spacial score (nSPS) is 18.7. The van der Waals surface area contributed by atoms with Crippen LogP contribution in [-0.4, -0.2) is 49.2 Å². The van der Waals surface area contributed by atoms with Gasteiger partial charge >= 0.3 is 6.09 Å². The average Bonchev–Trinajstić information content (AvgIpc) is 3.13. The zero-order chi connectivity index (χ0) is 24.3. The number of amides is 1. The quantitative estimate of drug-likeness (QED) is 0.382. The molecule has 1 aliphatic heterocycles. The smallest absolute Gasteiger partial charge is 0.410 e. The lowest BCUT2D eigenvalue weighted by Crippen LogP contribution is -2.42. The van der Waals surface area contributed by atoms with E-state index in [0.29, 0.717) is 31.6 Å². The molecule has 5 nitrogen and oxygen atoms in total. The molecule has 0 aromatic heterocycles. The average molecular weight is 468 g/mol. The fourth-order valence-electron chi connectivity index (χ4n) is 3.75. The van der Waals surface area contributed by atoms with Crippen LogP contribution in [0.15, 0.2) is 18.2 Å². The van der Waals surface area contributed by atoms with Crippen LogP contribution < -0.4 is 0 Å². The van der Waals surface area contributed by atoms with Crippen LogP contribution in [0, 0.1) is 5.82 Å². The molecule has 1 amide bonds. The van der Waals surface area contributed by atoms with Crippen LogP contribution in [-0.2, 0) is 15.6 Å². The van der Waals surface area contributed by atoms with Gasteiger partial charge in [-0.3, -0.25) is 0 Å². The number of hydrogen-bond acceptors (Lipinski definition) is 4. The minimum absolute atomic E-state index is 0.151. The first-order chi connectivity index (χ1) is 14.6. The lowest BCUT2D eigenvalue weighted by Gasteiger charge is -2.36. The minimum atomic E-state index is -1.82. The zero-order valence-electron chi connectivity index (χ0n) is 21.1. The van der Waals surface area contributed by atoms with Crippen molar-refractivity contribution in [1.82, 2.24) is 4.90 Å². The van der Waals surface area contributed by atoms with Gasteiger partial charge in [0.15, 0.2) is 8.32 Å². The molecule has 2 rings (SSSR count). The summed E-state index contributed by atoms with van der Waals surface area (Å²) >= 11 is 0. The summed E-state index contributed by atoms with van der Waals surface area (Å²) in [5.74, 6) is -0.387. The maximum atomic E-state index is 14.1. The van der Waals surface area contributed by atoms with Crippen molar-refractivity contribution in [2.75, 3.05) is 13.2 Å². The second-order valence-electron chi connectivity index (χ2n) is 11.4. The number of aliphatic hydroxyl groups excluding tert-OH is 1. The fraction of sp³-hybridized carbons (Fsp3) is 0.720. The molecule has 1 saturated heterocycles. The summed E-state index contributed by atoms with van der Waals surface area (Å²) in [7, 11) is -1.82. The third-order valence-electron chi connectivity index (χ3n) is 6.58. The molecule has 0 saturated carbocycles. The summed E-state index contributed by atoms with van der Waals surface area (Å²) in [5.41, 5.74) is 0.843. The van der Waals surface area contributed by atoms with Crippen LogP contribution in [0.3, 0.4) is 0 Å². The van der Waals surface area contributed by atoms with Crippen molar-refractivity contribution in [1.29, 1.82) is 0 Å². The van der Waals surface area contributed by atoms with E-state index in [4.69, 9.17) is 9.16 Å². The van der Waals surface area contributed by atoms with Crippen molar-refractivity contribution in [3.63, 3.8) is 0 Å². The van der Waals surface area contributed by atoms with Gasteiger partial charge in [-0.2, -0.15) is 0 Å². The fourth-order valence-corrected chi connectivity index (χ4v) is 4.84. The number of ether oxygens (including phenoxy) is 1. The maximum Gasteiger partial charge on any atom is 0.410 e. The van der Waals surface area contributed by atoms with Gasteiger partial charge in [0, 0.05) is 13.2 Å². The number of halogens is 1. The van der Waals surface area contributed by atoms with Crippen LogP contribution in [0.5, 0.6) is 0 Å². The first kappa shape index (κ1) is 26.8. The van der Waals surface area contributed by atoms with E-state index < -0.39 is 32.2 Å². The highest BCUT2D eigenvalue weighted by atomic mass is 28.4. The van der Waals surface area contributed by atoms with Crippen LogP contribution in [0.1, 0.15) is 78.0 Å². The number of carbonyl (C=O) groups is 1. The number of benzene rings is 1. The van der Waals surface area contributed by atoms with Crippen molar-refractivity contribution >= 4 is 14.4 Å². The predicted octanol–water partition coefficient (Wildman–Crippen LogP) is 6.21. The number of carbonyl (C=O) groups excluding carboxylic acids is 1. The lowest BCUT2D eigenvalue weighted by molar-refractivity contribution is 0.00472. The largest absolute Gasteiger partial charge is 0.444 e. The Kier molecular flexibility index (Phi) is 8.56. The monoisotopic (exact) mass is 467 g/mol. The van der Waals surface area contributed by atoms with E-state index in [1.165, 1.54) is 12.1 Å². The second kappa shape index (κ2) is 10.2. The van der Waals surface area contributed by atoms with E-state index in [2.05, 4.69) is 33.9 Å². The van der Waals surface area contributed by atoms with Gasteiger partial charge in [0.2, 0.25) is 0 Å². The SMILES string of the molecule is CC(C)(C)OC(=O)N1CCC[C@H]1C(O)c1cc(F)ccc1CCCO[Si](C)(C)C(C)(C)C. The van der Waals surface area contributed by atoms with E-state index >= 15 is 0 Å². The van der Waals surface area contributed by atoms with Crippen molar-refractivity contribution < 1.29 is 23.5 Å². The molecule has 1 aromatic rings. The van der Waals surface area contributed by atoms with E-state index in [1.807, 2.05) is 20.8 Å². The summed E-state index contributed by atoms with van der Waals surface area (Å²) in [6.07, 6.45) is 1.52. The Morgan fingerprint density at radius 2 is 1.91 bits per heavy atom. The number of likely N-dealkylation sites (tertiary alicyclic amines) is 1. The first-order valence-corrected chi connectivity index (χ1v) is 14.6. The van der Waals surface area contributed by atoms with E-state index in [9.17, 15) is 14.3 Å². The predicted molar refractivity (Wildman–Crippen MR) is 129 cm³/mol. The van der Waals surface area contributed by atoms with Gasteiger partial charge < -0.3 is 19.2 Å². The van der Waals surface area contributed by atoms with Gasteiger partial charge in [-0.1, -0.05) is 26.8 Å². The van der Waals surface area contributed by atoms with Crippen molar-refractivity contribution in [3.8, 4) is 0 Å². The molecular formula is C25H42FNO4Si. The summed E-state index contributed by atoms with van der Waals surface area (Å²) in [6, 6.07) is 4.15. The van der Waals surface area contributed by atoms with E-state index in [0.717, 1.165) is 18.4 Å². The van der Waals surface area contributed by atoms with Gasteiger partial charge in [-0.25, -0.2) is 9.18 Å². The van der Waals surface area contributed by atoms with Crippen LogP contribution in [0.25, 0.3) is 0 Å².